The Balaban J connectivity index is 2.49. The van der Waals surface area contributed by atoms with Gasteiger partial charge in [0.15, 0.2) is 0 Å². The number of allylic oxidation sites excluding steroid dienone is 1. The molecule has 0 unspecified atom stereocenters. The largest absolute Gasteiger partial charge is 0.398 e. The van der Waals surface area contributed by atoms with Gasteiger partial charge in [-0.2, -0.15) is 0 Å². The van der Waals surface area contributed by atoms with Crippen LogP contribution in [-0.4, -0.2) is 0 Å². The Morgan fingerprint density at radius 2 is 2.15 bits per heavy atom. The second-order valence-corrected chi connectivity index (χ2v) is 3.44. The Morgan fingerprint density at radius 1 is 1.31 bits per heavy atom. The van der Waals surface area contributed by atoms with Gasteiger partial charge in [-0.1, -0.05) is 18.7 Å². The Labute approximate surface area is 78.6 Å². The molecular weight excluding hydrogens is 158 g/mol. The molecule has 66 valence electrons. The molecular formula is C12H13N. The van der Waals surface area contributed by atoms with Gasteiger partial charge in [0, 0.05) is 12.1 Å². The molecule has 1 nitrogen and oxygen atoms in total. The Bertz CT molecular complexity index is 384. The van der Waals surface area contributed by atoms with Crippen molar-refractivity contribution in [2.45, 2.75) is 19.3 Å². The van der Waals surface area contributed by atoms with Gasteiger partial charge in [-0.15, -0.1) is 5.73 Å². The maximum absolute atomic E-state index is 5.90. The van der Waals surface area contributed by atoms with Crippen LogP contribution in [0, 0.1) is 0 Å². The zero-order chi connectivity index (χ0) is 9.26. The lowest BCUT2D eigenvalue weighted by atomic mass is 9.87. The Morgan fingerprint density at radius 3 is 2.92 bits per heavy atom. The summed E-state index contributed by atoms with van der Waals surface area (Å²) < 4.78 is 0. The lowest BCUT2D eigenvalue weighted by Gasteiger charge is -2.18. The molecule has 1 aliphatic rings. The third kappa shape index (κ3) is 1.39. The van der Waals surface area contributed by atoms with Gasteiger partial charge in [0.2, 0.25) is 0 Å². The van der Waals surface area contributed by atoms with Crippen molar-refractivity contribution < 1.29 is 0 Å². The molecule has 0 saturated carbocycles. The molecule has 13 heavy (non-hydrogen) atoms. The van der Waals surface area contributed by atoms with Crippen molar-refractivity contribution >= 4 is 5.69 Å². The highest BCUT2D eigenvalue weighted by atomic mass is 14.6. The van der Waals surface area contributed by atoms with E-state index in [1.807, 2.05) is 12.1 Å². The van der Waals surface area contributed by atoms with Crippen LogP contribution in [0.1, 0.15) is 17.5 Å². The van der Waals surface area contributed by atoms with E-state index in [4.69, 9.17) is 5.73 Å². The maximum atomic E-state index is 5.90. The summed E-state index contributed by atoms with van der Waals surface area (Å²) in [5.41, 5.74) is 13.7. The number of anilines is 1. The summed E-state index contributed by atoms with van der Waals surface area (Å²) in [4.78, 5) is 0. The molecule has 0 aromatic heterocycles. The highest BCUT2D eigenvalue weighted by molar-refractivity contribution is 5.54. The van der Waals surface area contributed by atoms with E-state index in [9.17, 15) is 0 Å². The minimum absolute atomic E-state index is 0.907. The summed E-state index contributed by atoms with van der Waals surface area (Å²) in [7, 11) is 0. The number of rotatable bonds is 0. The number of aryl methyl sites for hydroxylation is 1. The maximum Gasteiger partial charge on any atom is 0.0352 e. The topological polar surface area (TPSA) is 26.0 Å². The number of benzene rings is 1. The first-order chi connectivity index (χ1) is 6.31. The highest BCUT2D eigenvalue weighted by Gasteiger charge is 2.13. The molecule has 0 bridgehead atoms. The van der Waals surface area contributed by atoms with Crippen molar-refractivity contribution in [3.63, 3.8) is 0 Å². The average Bonchev–Trinajstić information content (AvgIpc) is 2.18. The van der Waals surface area contributed by atoms with Gasteiger partial charge in [-0.25, -0.2) is 0 Å². The second kappa shape index (κ2) is 3.12. The molecule has 0 saturated heterocycles. The minimum atomic E-state index is 0.907. The average molecular weight is 171 g/mol. The van der Waals surface area contributed by atoms with Crippen molar-refractivity contribution in [3.8, 4) is 0 Å². The van der Waals surface area contributed by atoms with Crippen molar-refractivity contribution in [2.75, 3.05) is 5.73 Å². The summed E-state index contributed by atoms with van der Waals surface area (Å²) in [6.07, 6.45) is 3.10. The fourth-order valence-electron chi connectivity index (χ4n) is 1.84. The molecule has 0 fully saturated rings. The summed E-state index contributed by atoms with van der Waals surface area (Å²) in [6.45, 7) is 3.68. The minimum Gasteiger partial charge on any atom is -0.398 e. The van der Waals surface area contributed by atoms with Crippen molar-refractivity contribution in [3.05, 3.63) is 47.2 Å². The van der Waals surface area contributed by atoms with Gasteiger partial charge < -0.3 is 5.73 Å². The van der Waals surface area contributed by atoms with E-state index in [1.54, 1.807) is 0 Å². The normalized spacial score (nSPS) is 14.9. The van der Waals surface area contributed by atoms with Crippen LogP contribution in [0.3, 0.4) is 0 Å². The number of nitrogens with two attached hydrogens (primary N) is 1. The molecule has 2 rings (SSSR count). The molecule has 0 amide bonds. The van der Waals surface area contributed by atoms with Crippen LogP contribution in [0.15, 0.2) is 36.1 Å². The van der Waals surface area contributed by atoms with E-state index >= 15 is 0 Å². The number of hydrogen-bond acceptors (Lipinski definition) is 1. The Hall–Kier alpha value is -1.46. The SMILES string of the molecule is C=C=C1CCc2cccc(N)c2C1. The van der Waals surface area contributed by atoms with Crippen LogP contribution in [-0.2, 0) is 12.8 Å². The van der Waals surface area contributed by atoms with E-state index in [0.717, 1.165) is 24.9 Å². The lowest BCUT2D eigenvalue weighted by molar-refractivity contribution is 0.841. The summed E-state index contributed by atoms with van der Waals surface area (Å²) in [5.74, 6) is 0. The summed E-state index contributed by atoms with van der Waals surface area (Å²) in [5, 5.41) is 0. The molecule has 0 radical (unpaired) electrons. The van der Waals surface area contributed by atoms with Crippen LogP contribution in [0.5, 0.6) is 0 Å². The van der Waals surface area contributed by atoms with Crippen LogP contribution in [0.25, 0.3) is 0 Å². The van der Waals surface area contributed by atoms with Crippen LogP contribution >= 0.6 is 0 Å². The Kier molecular flexibility index (Phi) is 1.96. The summed E-state index contributed by atoms with van der Waals surface area (Å²) >= 11 is 0. The standard InChI is InChI=1S/C12H13N/c1-2-9-6-7-10-4-3-5-12(13)11(10)8-9/h3-5H,1,6-8,13H2. The number of nitrogen functional groups attached to an aromatic ring is 1. The highest BCUT2D eigenvalue weighted by Crippen LogP contribution is 2.28. The molecule has 2 N–H and O–H groups in total. The van der Waals surface area contributed by atoms with Gasteiger partial charge in [-0.05, 0) is 35.6 Å². The lowest BCUT2D eigenvalue weighted by Crippen LogP contribution is -2.07. The first-order valence-corrected chi connectivity index (χ1v) is 4.55. The van der Waals surface area contributed by atoms with Gasteiger partial charge >= 0.3 is 0 Å². The van der Waals surface area contributed by atoms with Crippen molar-refractivity contribution in [2.24, 2.45) is 0 Å². The molecule has 0 spiro atoms. The quantitative estimate of drug-likeness (QED) is 0.471. The second-order valence-electron chi connectivity index (χ2n) is 3.44. The predicted octanol–water partition coefficient (Wildman–Crippen LogP) is 2.47. The molecule has 0 aliphatic heterocycles. The fraction of sp³-hybridized carbons (Fsp3) is 0.250. The molecule has 1 aliphatic carbocycles. The van der Waals surface area contributed by atoms with Crippen molar-refractivity contribution in [1.29, 1.82) is 0 Å². The van der Waals surface area contributed by atoms with Crippen LogP contribution in [0.2, 0.25) is 0 Å². The molecule has 1 aromatic rings. The zero-order valence-corrected chi connectivity index (χ0v) is 7.64. The van der Waals surface area contributed by atoms with Gasteiger partial charge in [0.25, 0.3) is 0 Å². The molecule has 1 aromatic carbocycles. The summed E-state index contributed by atoms with van der Waals surface area (Å²) in [6, 6.07) is 6.15. The first-order valence-electron chi connectivity index (χ1n) is 4.55. The predicted molar refractivity (Wildman–Crippen MR) is 55.5 cm³/mol. The fourth-order valence-corrected chi connectivity index (χ4v) is 1.84. The van der Waals surface area contributed by atoms with E-state index in [0.29, 0.717) is 0 Å². The van der Waals surface area contributed by atoms with Gasteiger partial charge in [0.05, 0.1) is 0 Å². The van der Waals surface area contributed by atoms with Crippen LogP contribution < -0.4 is 5.73 Å². The van der Waals surface area contributed by atoms with Gasteiger partial charge in [0.1, 0.15) is 0 Å². The number of fused-ring (bicyclic) bond motifs is 1. The number of hydrogen-bond donors (Lipinski definition) is 1. The molecule has 1 heteroatoms. The zero-order valence-electron chi connectivity index (χ0n) is 7.64. The molecule has 0 heterocycles. The molecule has 0 atom stereocenters. The monoisotopic (exact) mass is 171 g/mol. The van der Waals surface area contributed by atoms with E-state index < -0.39 is 0 Å². The third-order valence-electron chi connectivity index (χ3n) is 2.65. The van der Waals surface area contributed by atoms with Crippen LogP contribution in [0.4, 0.5) is 5.69 Å². The van der Waals surface area contributed by atoms with E-state index in [2.05, 4.69) is 18.4 Å². The third-order valence-corrected chi connectivity index (χ3v) is 2.65. The van der Waals surface area contributed by atoms with E-state index in [-0.39, 0.29) is 0 Å². The van der Waals surface area contributed by atoms with E-state index in [1.165, 1.54) is 16.7 Å². The van der Waals surface area contributed by atoms with Gasteiger partial charge in [-0.3, -0.25) is 0 Å². The van der Waals surface area contributed by atoms with Crippen molar-refractivity contribution in [1.82, 2.24) is 0 Å². The smallest absolute Gasteiger partial charge is 0.0352 e. The first kappa shape index (κ1) is 8.15.